The molecule has 3 aromatic rings. The molecule has 1 aliphatic heterocycles. The molecule has 178 valence electrons. The first-order chi connectivity index (χ1) is 16.4. The van der Waals surface area contributed by atoms with Gasteiger partial charge in [0.1, 0.15) is 23.9 Å². The van der Waals surface area contributed by atoms with Crippen LogP contribution in [0.4, 0.5) is 4.39 Å². The monoisotopic (exact) mass is 464 g/mol. The Balaban J connectivity index is 1.60. The lowest BCUT2D eigenvalue weighted by molar-refractivity contribution is -0.136. The van der Waals surface area contributed by atoms with Gasteiger partial charge in [-0.3, -0.25) is 9.59 Å². The molecule has 7 heteroatoms. The van der Waals surface area contributed by atoms with Gasteiger partial charge in [-0.1, -0.05) is 32.0 Å². The van der Waals surface area contributed by atoms with Gasteiger partial charge in [-0.2, -0.15) is 0 Å². The summed E-state index contributed by atoms with van der Waals surface area (Å²) >= 11 is 0. The van der Waals surface area contributed by atoms with E-state index in [1.807, 2.05) is 43.9 Å². The molecule has 1 aromatic heterocycles. The second-order valence-electron chi connectivity index (χ2n) is 8.67. The molecular formula is C27H29FN2O4. The first-order valence-electron chi connectivity index (χ1n) is 11.6. The standard InChI is InChI=1S/C27H29FN2O4/c1-4-29-26(31)24-12-11-22(34-24)16-33-21-10-7-18-13-14-30(27(32)17(2)3)25(23(18)15-21)19-5-8-20(28)9-6-19/h5-12,15,17,25H,4,13-14,16H2,1-3H3,(H,29,31)/t25-/m0/s1. The van der Waals surface area contributed by atoms with Crippen molar-refractivity contribution < 1.29 is 23.1 Å². The molecule has 0 unspecified atom stereocenters. The molecule has 0 aliphatic carbocycles. The van der Waals surface area contributed by atoms with Crippen LogP contribution in [0.25, 0.3) is 0 Å². The van der Waals surface area contributed by atoms with E-state index in [4.69, 9.17) is 9.15 Å². The third kappa shape index (κ3) is 4.98. The van der Waals surface area contributed by atoms with Crippen molar-refractivity contribution in [3.63, 3.8) is 0 Å². The van der Waals surface area contributed by atoms with Crippen LogP contribution in [0, 0.1) is 11.7 Å². The van der Waals surface area contributed by atoms with Gasteiger partial charge in [-0.15, -0.1) is 0 Å². The van der Waals surface area contributed by atoms with Crippen LogP contribution in [0.5, 0.6) is 5.75 Å². The van der Waals surface area contributed by atoms with Crippen molar-refractivity contribution in [3.05, 3.63) is 88.6 Å². The molecule has 2 heterocycles. The number of benzene rings is 2. The number of hydrogen-bond acceptors (Lipinski definition) is 4. The van der Waals surface area contributed by atoms with E-state index in [-0.39, 0.29) is 42.0 Å². The molecule has 0 fully saturated rings. The van der Waals surface area contributed by atoms with Gasteiger partial charge in [-0.05, 0) is 66.4 Å². The van der Waals surface area contributed by atoms with Crippen molar-refractivity contribution in [1.82, 2.24) is 10.2 Å². The largest absolute Gasteiger partial charge is 0.486 e. The summed E-state index contributed by atoms with van der Waals surface area (Å²) in [7, 11) is 0. The topological polar surface area (TPSA) is 71.8 Å². The fourth-order valence-corrected chi connectivity index (χ4v) is 4.24. The van der Waals surface area contributed by atoms with E-state index >= 15 is 0 Å². The molecule has 0 saturated carbocycles. The van der Waals surface area contributed by atoms with E-state index in [0.717, 1.165) is 23.1 Å². The van der Waals surface area contributed by atoms with Crippen LogP contribution < -0.4 is 10.1 Å². The minimum atomic E-state index is -0.323. The number of halogens is 1. The van der Waals surface area contributed by atoms with E-state index in [1.54, 1.807) is 24.3 Å². The van der Waals surface area contributed by atoms with Gasteiger partial charge in [0.2, 0.25) is 5.91 Å². The van der Waals surface area contributed by atoms with Crippen molar-refractivity contribution in [2.45, 2.75) is 39.8 Å². The van der Waals surface area contributed by atoms with Crippen LogP contribution in [-0.2, 0) is 17.8 Å². The Morgan fingerprint density at radius 3 is 2.62 bits per heavy atom. The molecule has 0 bridgehead atoms. The summed E-state index contributed by atoms with van der Waals surface area (Å²) in [4.78, 5) is 26.8. The quantitative estimate of drug-likeness (QED) is 0.541. The van der Waals surface area contributed by atoms with E-state index < -0.39 is 0 Å². The van der Waals surface area contributed by atoms with Gasteiger partial charge < -0.3 is 19.4 Å². The number of nitrogens with one attached hydrogen (secondary N) is 1. The maximum Gasteiger partial charge on any atom is 0.286 e. The molecule has 2 amide bonds. The summed E-state index contributed by atoms with van der Waals surface area (Å²) in [6, 6.07) is 15.2. The van der Waals surface area contributed by atoms with E-state index in [1.165, 1.54) is 12.1 Å². The summed E-state index contributed by atoms with van der Waals surface area (Å²) in [5, 5.41) is 2.70. The number of hydrogen-bond donors (Lipinski definition) is 1. The molecule has 2 aromatic carbocycles. The minimum Gasteiger partial charge on any atom is -0.486 e. The summed E-state index contributed by atoms with van der Waals surface area (Å²) in [6.45, 7) is 6.90. The fraction of sp³-hybridized carbons (Fsp3) is 0.333. The minimum absolute atomic E-state index is 0.0553. The second-order valence-corrected chi connectivity index (χ2v) is 8.67. The Morgan fingerprint density at radius 2 is 1.91 bits per heavy atom. The van der Waals surface area contributed by atoms with Crippen LogP contribution >= 0.6 is 0 Å². The average molecular weight is 465 g/mol. The Bertz CT molecular complexity index is 1170. The molecule has 34 heavy (non-hydrogen) atoms. The Labute approximate surface area is 198 Å². The number of furan rings is 1. The lowest BCUT2D eigenvalue weighted by Gasteiger charge is -2.39. The number of fused-ring (bicyclic) bond motifs is 1. The molecular weight excluding hydrogens is 435 g/mol. The van der Waals surface area contributed by atoms with Crippen LogP contribution in [-0.4, -0.2) is 29.8 Å². The zero-order valence-electron chi connectivity index (χ0n) is 19.6. The van der Waals surface area contributed by atoms with E-state index in [0.29, 0.717) is 24.6 Å². The zero-order chi connectivity index (χ0) is 24.2. The highest BCUT2D eigenvalue weighted by molar-refractivity contribution is 5.91. The van der Waals surface area contributed by atoms with E-state index in [2.05, 4.69) is 5.32 Å². The molecule has 0 saturated heterocycles. The number of carbonyl (C=O) groups excluding carboxylic acids is 2. The molecule has 0 spiro atoms. The van der Waals surface area contributed by atoms with Gasteiger partial charge in [0.15, 0.2) is 5.76 Å². The highest BCUT2D eigenvalue weighted by Gasteiger charge is 2.33. The van der Waals surface area contributed by atoms with Crippen molar-refractivity contribution in [3.8, 4) is 5.75 Å². The van der Waals surface area contributed by atoms with Crippen molar-refractivity contribution in [1.29, 1.82) is 0 Å². The lowest BCUT2D eigenvalue weighted by atomic mass is 9.87. The van der Waals surface area contributed by atoms with Gasteiger partial charge in [0.05, 0.1) is 6.04 Å². The van der Waals surface area contributed by atoms with Crippen LogP contribution in [0.15, 0.2) is 59.0 Å². The lowest BCUT2D eigenvalue weighted by Crippen LogP contribution is -2.42. The first-order valence-corrected chi connectivity index (χ1v) is 11.6. The highest BCUT2D eigenvalue weighted by atomic mass is 19.1. The number of nitrogens with zero attached hydrogens (tertiary/aromatic N) is 1. The Kier molecular flexibility index (Phi) is 7.01. The van der Waals surface area contributed by atoms with Gasteiger partial charge in [0, 0.05) is 19.0 Å². The maximum absolute atomic E-state index is 13.6. The summed E-state index contributed by atoms with van der Waals surface area (Å²) in [5.41, 5.74) is 2.95. The van der Waals surface area contributed by atoms with Crippen molar-refractivity contribution in [2.75, 3.05) is 13.1 Å². The predicted molar refractivity (Wildman–Crippen MR) is 126 cm³/mol. The predicted octanol–water partition coefficient (Wildman–Crippen LogP) is 4.88. The van der Waals surface area contributed by atoms with Gasteiger partial charge in [0.25, 0.3) is 5.91 Å². The molecule has 4 rings (SSSR count). The fourth-order valence-electron chi connectivity index (χ4n) is 4.24. The van der Waals surface area contributed by atoms with Crippen LogP contribution in [0.3, 0.4) is 0 Å². The zero-order valence-corrected chi connectivity index (χ0v) is 19.6. The van der Waals surface area contributed by atoms with Gasteiger partial charge >= 0.3 is 0 Å². The molecule has 1 aliphatic rings. The third-order valence-electron chi connectivity index (χ3n) is 5.91. The van der Waals surface area contributed by atoms with Gasteiger partial charge in [-0.25, -0.2) is 4.39 Å². The van der Waals surface area contributed by atoms with Crippen molar-refractivity contribution >= 4 is 11.8 Å². The van der Waals surface area contributed by atoms with Crippen molar-refractivity contribution in [2.24, 2.45) is 5.92 Å². The number of amides is 2. The normalized spacial score (nSPS) is 15.2. The maximum atomic E-state index is 13.6. The molecule has 1 atom stereocenters. The molecule has 6 nitrogen and oxygen atoms in total. The molecule has 0 radical (unpaired) electrons. The van der Waals surface area contributed by atoms with Crippen LogP contribution in [0.1, 0.15) is 59.8 Å². The molecule has 1 N–H and O–H groups in total. The number of carbonyl (C=O) groups is 2. The second kappa shape index (κ2) is 10.1. The Hall–Kier alpha value is -3.61. The summed E-state index contributed by atoms with van der Waals surface area (Å²) < 4.78 is 25.2. The van der Waals surface area contributed by atoms with E-state index in [9.17, 15) is 14.0 Å². The van der Waals surface area contributed by atoms with Crippen LogP contribution in [0.2, 0.25) is 0 Å². The first kappa shape index (κ1) is 23.5. The number of ether oxygens (including phenoxy) is 1. The SMILES string of the molecule is CCNC(=O)c1ccc(COc2ccc3c(c2)[C@H](c2ccc(F)cc2)N(C(=O)C(C)C)CC3)o1. The number of rotatable bonds is 7. The third-order valence-corrected chi connectivity index (χ3v) is 5.91. The highest BCUT2D eigenvalue weighted by Crippen LogP contribution is 2.38. The summed E-state index contributed by atoms with van der Waals surface area (Å²) in [5.74, 6) is 0.724. The summed E-state index contributed by atoms with van der Waals surface area (Å²) in [6.07, 6.45) is 0.736. The average Bonchev–Trinajstić information content (AvgIpc) is 3.31. The smallest absolute Gasteiger partial charge is 0.286 e. The Morgan fingerprint density at radius 1 is 1.15 bits per heavy atom.